The zero-order chi connectivity index (χ0) is 20.2. The molecule has 27 heavy (non-hydrogen) atoms. The van der Waals surface area contributed by atoms with Gasteiger partial charge in [0.1, 0.15) is 5.60 Å². The maximum absolute atomic E-state index is 13.2. The maximum Gasteiger partial charge on any atom is 0.410 e. The van der Waals surface area contributed by atoms with Gasteiger partial charge >= 0.3 is 6.09 Å². The molecule has 0 saturated carbocycles. The van der Waals surface area contributed by atoms with Crippen LogP contribution in [0.15, 0.2) is 24.3 Å². The lowest BCUT2D eigenvalue weighted by Gasteiger charge is -2.37. The molecule has 1 heterocycles. The summed E-state index contributed by atoms with van der Waals surface area (Å²) < 4.78 is 5.47. The first kappa shape index (κ1) is 21.5. The average Bonchev–Trinajstić information content (AvgIpc) is 2.59. The van der Waals surface area contributed by atoms with Crippen molar-refractivity contribution in [3.63, 3.8) is 0 Å². The summed E-state index contributed by atoms with van der Waals surface area (Å²) in [7, 11) is 0. The Hall–Kier alpha value is -1.75. The molecule has 1 fully saturated rings. The highest BCUT2D eigenvalue weighted by atomic mass is 35.5. The zero-order valence-corrected chi connectivity index (χ0v) is 17.8. The van der Waals surface area contributed by atoms with E-state index in [0.29, 0.717) is 24.7 Å². The molecule has 2 rings (SSSR count). The standard InChI is InChI=1S/C21H31ClN2O3/c1-15(2)24(14-16-9-6-7-11-18(16)22)19(25)17-10-8-12-23(13-17)20(26)27-21(3,4)5/h6-7,9,11,15,17H,8,10,12-14H2,1-5H3. The molecule has 0 bridgehead atoms. The first-order valence-corrected chi connectivity index (χ1v) is 9.98. The second-order valence-electron chi connectivity index (χ2n) is 8.42. The van der Waals surface area contributed by atoms with Crippen LogP contribution < -0.4 is 0 Å². The third-order valence-corrected chi connectivity index (χ3v) is 5.00. The van der Waals surface area contributed by atoms with Crippen LogP contribution in [0.4, 0.5) is 4.79 Å². The number of hydrogen-bond acceptors (Lipinski definition) is 3. The minimum absolute atomic E-state index is 0.0469. The first-order valence-electron chi connectivity index (χ1n) is 9.60. The molecule has 1 aliphatic rings. The molecule has 0 N–H and O–H groups in total. The molecule has 1 aliphatic heterocycles. The van der Waals surface area contributed by atoms with Crippen LogP contribution in [0, 0.1) is 5.92 Å². The Morgan fingerprint density at radius 2 is 1.96 bits per heavy atom. The van der Waals surface area contributed by atoms with E-state index in [1.165, 1.54) is 0 Å². The van der Waals surface area contributed by atoms with Crippen molar-refractivity contribution in [3.8, 4) is 0 Å². The number of rotatable bonds is 4. The van der Waals surface area contributed by atoms with Crippen molar-refractivity contribution in [1.29, 1.82) is 0 Å². The number of carbonyl (C=O) groups excluding carboxylic acids is 2. The molecule has 6 heteroatoms. The number of likely N-dealkylation sites (tertiary alicyclic amines) is 1. The Labute approximate surface area is 167 Å². The number of ether oxygens (including phenoxy) is 1. The summed E-state index contributed by atoms with van der Waals surface area (Å²) in [6.07, 6.45) is 1.24. The smallest absolute Gasteiger partial charge is 0.410 e. The molecule has 1 atom stereocenters. The Kier molecular flexibility index (Phi) is 7.15. The van der Waals surface area contributed by atoms with Crippen molar-refractivity contribution in [2.75, 3.05) is 13.1 Å². The Morgan fingerprint density at radius 3 is 2.56 bits per heavy atom. The molecule has 0 aliphatic carbocycles. The molecule has 150 valence electrons. The van der Waals surface area contributed by atoms with E-state index in [1.54, 1.807) is 4.90 Å². The molecular formula is C21H31ClN2O3. The van der Waals surface area contributed by atoms with Gasteiger partial charge in [0.05, 0.1) is 5.92 Å². The summed E-state index contributed by atoms with van der Waals surface area (Å²) in [6.45, 7) is 11.1. The number of benzene rings is 1. The average molecular weight is 395 g/mol. The van der Waals surface area contributed by atoms with Crippen molar-refractivity contribution < 1.29 is 14.3 Å². The predicted molar refractivity (Wildman–Crippen MR) is 108 cm³/mol. The van der Waals surface area contributed by atoms with Crippen molar-refractivity contribution in [1.82, 2.24) is 9.80 Å². The van der Waals surface area contributed by atoms with Crippen LogP contribution in [0.25, 0.3) is 0 Å². The van der Waals surface area contributed by atoms with Crippen molar-refractivity contribution in [2.45, 2.75) is 65.6 Å². The lowest BCUT2D eigenvalue weighted by molar-refractivity contribution is -0.139. The fourth-order valence-electron chi connectivity index (χ4n) is 3.23. The molecule has 0 radical (unpaired) electrons. The second kappa shape index (κ2) is 8.96. The quantitative estimate of drug-likeness (QED) is 0.742. The zero-order valence-electron chi connectivity index (χ0n) is 17.0. The normalized spacial score (nSPS) is 17.7. The highest BCUT2D eigenvalue weighted by Gasteiger charge is 2.34. The van der Waals surface area contributed by atoms with Crippen LogP contribution >= 0.6 is 11.6 Å². The van der Waals surface area contributed by atoms with Gasteiger partial charge in [0.25, 0.3) is 0 Å². The minimum atomic E-state index is -0.540. The molecule has 2 amide bonds. The van der Waals surface area contributed by atoms with E-state index in [-0.39, 0.29) is 24.0 Å². The number of nitrogens with zero attached hydrogens (tertiary/aromatic N) is 2. The van der Waals surface area contributed by atoms with E-state index in [1.807, 2.05) is 63.8 Å². The van der Waals surface area contributed by atoms with Crippen LogP contribution in [-0.4, -0.2) is 46.5 Å². The Morgan fingerprint density at radius 1 is 1.30 bits per heavy atom. The molecule has 1 saturated heterocycles. The van der Waals surface area contributed by atoms with Crippen LogP contribution in [0.2, 0.25) is 5.02 Å². The minimum Gasteiger partial charge on any atom is -0.444 e. The molecule has 0 aromatic heterocycles. The summed E-state index contributed by atoms with van der Waals surface area (Å²) in [5.41, 5.74) is 0.392. The third-order valence-electron chi connectivity index (χ3n) is 4.63. The topological polar surface area (TPSA) is 49.9 Å². The molecule has 0 spiro atoms. The molecule has 1 aromatic carbocycles. The van der Waals surface area contributed by atoms with Gasteiger partial charge in [-0.1, -0.05) is 29.8 Å². The summed E-state index contributed by atoms with van der Waals surface area (Å²) in [5, 5.41) is 0.662. The first-order chi connectivity index (χ1) is 12.6. The second-order valence-corrected chi connectivity index (χ2v) is 8.82. The summed E-state index contributed by atoms with van der Waals surface area (Å²) in [6, 6.07) is 7.64. The van der Waals surface area contributed by atoms with E-state index in [4.69, 9.17) is 16.3 Å². The van der Waals surface area contributed by atoms with E-state index in [2.05, 4.69) is 0 Å². The number of amides is 2. The molecular weight excluding hydrogens is 364 g/mol. The highest BCUT2D eigenvalue weighted by molar-refractivity contribution is 6.31. The van der Waals surface area contributed by atoms with E-state index in [0.717, 1.165) is 18.4 Å². The third kappa shape index (κ3) is 6.13. The van der Waals surface area contributed by atoms with Gasteiger partial charge in [0.2, 0.25) is 5.91 Å². The molecule has 1 unspecified atom stereocenters. The van der Waals surface area contributed by atoms with Gasteiger partial charge in [0.15, 0.2) is 0 Å². The predicted octanol–water partition coefficient (Wildman–Crippen LogP) is 4.72. The molecule has 1 aromatic rings. The fourth-order valence-corrected chi connectivity index (χ4v) is 3.43. The van der Waals surface area contributed by atoms with Crippen LogP contribution in [0.1, 0.15) is 53.0 Å². The lowest BCUT2D eigenvalue weighted by Crippen LogP contribution is -2.49. The van der Waals surface area contributed by atoms with E-state index < -0.39 is 5.60 Å². The van der Waals surface area contributed by atoms with E-state index in [9.17, 15) is 9.59 Å². The van der Waals surface area contributed by atoms with Gasteiger partial charge < -0.3 is 14.5 Å². The fraction of sp³-hybridized carbons (Fsp3) is 0.619. The van der Waals surface area contributed by atoms with Gasteiger partial charge in [-0.2, -0.15) is 0 Å². The van der Waals surface area contributed by atoms with Crippen molar-refractivity contribution >= 4 is 23.6 Å². The van der Waals surface area contributed by atoms with E-state index >= 15 is 0 Å². The van der Waals surface area contributed by atoms with Crippen LogP contribution in [0.5, 0.6) is 0 Å². The number of carbonyl (C=O) groups is 2. The van der Waals surface area contributed by atoms with Crippen molar-refractivity contribution in [2.24, 2.45) is 5.92 Å². The van der Waals surface area contributed by atoms with Crippen LogP contribution in [-0.2, 0) is 16.1 Å². The monoisotopic (exact) mass is 394 g/mol. The maximum atomic E-state index is 13.2. The number of hydrogen-bond donors (Lipinski definition) is 0. The van der Waals surface area contributed by atoms with Gasteiger partial charge in [-0.05, 0) is 59.1 Å². The highest BCUT2D eigenvalue weighted by Crippen LogP contribution is 2.24. The SMILES string of the molecule is CC(C)N(Cc1ccccc1Cl)C(=O)C1CCCN(C(=O)OC(C)(C)C)C1. The summed E-state index contributed by atoms with van der Waals surface area (Å²) in [4.78, 5) is 29.1. The summed E-state index contributed by atoms with van der Waals surface area (Å²) in [5.74, 6) is -0.144. The number of piperidine rings is 1. The van der Waals surface area contributed by atoms with Gasteiger partial charge in [0, 0.05) is 30.7 Å². The van der Waals surface area contributed by atoms with Crippen LogP contribution in [0.3, 0.4) is 0 Å². The van der Waals surface area contributed by atoms with Gasteiger partial charge in [-0.25, -0.2) is 4.79 Å². The van der Waals surface area contributed by atoms with Gasteiger partial charge in [-0.3, -0.25) is 4.79 Å². The Balaban J connectivity index is 2.08. The Bertz CT molecular complexity index is 670. The lowest BCUT2D eigenvalue weighted by atomic mass is 9.96. The largest absolute Gasteiger partial charge is 0.444 e. The molecule has 5 nitrogen and oxygen atoms in total. The van der Waals surface area contributed by atoms with Crippen molar-refractivity contribution in [3.05, 3.63) is 34.9 Å². The number of halogens is 1. The van der Waals surface area contributed by atoms with Gasteiger partial charge in [-0.15, -0.1) is 0 Å². The summed E-state index contributed by atoms with van der Waals surface area (Å²) >= 11 is 6.28.